The Balaban J connectivity index is 2.10. The second-order valence-corrected chi connectivity index (χ2v) is 6.59. The molecule has 0 amide bonds. The lowest BCUT2D eigenvalue weighted by Crippen LogP contribution is -2.13. The van der Waals surface area contributed by atoms with Crippen LogP contribution in [0.4, 0.5) is 10.1 Å². The molecule has 6 nitrogen and oxygen atoms in total. The monoisotopic (exact) mass is 340 g/mol. The number of hydrogen-bond donors (Lipinski definition) is 2. The molecule has 0 unspecified atom stereocenters. The van der Waals surface area contributed by atoms with Crippen molar-refractivity contribution >= 4 is 26.6 Å². The average molecular weight is 340 g/mol. The molecule has 0 saturated heterocycles. The summed E-state index contributed by atoms with van der Waals surface area (Å²) in [6.45, 7) is 0. The lowest BCUT2D eigenvalue weighted by Gasteiger charge is -2.09. The molecule has 1 heterocycles. The average Bonchev–Trinajstić information content (AvgIpc) is 3.02. The number of nitriles is 2. The van der Waals surface area contributed by atoms with Gasteiger partial charge in [-0.1, -0.05) is 6.07 Å². The molecule has 1 aromatic heterocycles. The molecular weight excluding hydrogens is 331 g/mol. The van der Waals surface area contributed by atoms with Crippen molar-refractivity contribution in [2.75, 3.05) is 4.72 Å². The molecule has 0 aliphatic carbocycles. The number of hydrogen-bond acceptors (Lipinski definition) is 4. The summed E-state index contributed by atoms with van der Waals surface area (Å²) in [5, 5.41) is 17.9. The van der Waals surface area contributed by atoms with E-state index in [9.17, 15) is 12.8 Å². The SMILES string of the molecule is N#Cc1cccc(S(=O)(=O)Nc2ccc(F)c3c(C#N)c[nH]c23)c1. The van der Waals surface area contributed by atoms with Gasteiger partial charge in [-0.25, -0.2) is 12.8 Å². The van der Waals surface area contributed by atoms with Crippen molar-refractivity contribution in [2.24, 2.45) is 0 Å². The Morgan fingerprint density at radius 1 is 1.12 bits per heavy atom. The number of rotatable bonds is 3. The number of anilines is 1. The molecule has 0 aliphatic rings. The molecule has 8 heteroatoms. The van der Waals surface area contributed by atoms with Gasteiger partial charge in [0.25, 0.3) is 10.0 Å². The Morgan fingerprint density at radius 3 is 2.62 bits per heavy atom. The van der Waals surface area contributed by atoms with Crippen LogP contribution in [0.25, 0.3) is 10.9 Å². The van der Waals surface area contributed by atoms with Crippen LogP contribution >= 0.6 is 0 Å². The van der Waals surface area contributed by atoms with Crippen molar-refractivity contribution in [3.8, 4) is 12.1 Å². The summed E-state index contributed by atoms with van der Waals surface area (Å²) < 4.78 is 41.2. The van der Waals surface area contributed by atoms with Crippen molar-refractivity contribution in [1.82, 2.24) is 4.98 Å². The minimum atomic E-state index is -3.97. The van der Waals surface area contributed by atoms with Crippen molar-refractivity contribution in [3.05, 3.63) is 59.5 Å². The summed E-state index contributed by atoms with van der Waals surface area (Å²) in [7, 11) is -3.97. The molecule has 2 aromatic carbocycles. The Morgan fingerprint density at radius 2 is 1.92 bits per heavy atom. The van der Waals surface area contributed by atoms with Gasteiger partial charge in [0.05, 0.1) is 38.7 Å². The number of fused-ring (bicyclic) bond motifs is 1. The van der Waals surface area contributed by atoms with E-state index in [0.717, 1.165) is 6.07 Å². The van der Waals surface area contributed by atoms with E-state index < -0.39 is 15.8 Å². The predicted octanol–water partition coefficient (Wildman–Crippen LogP) is 2.85. The van der Waals surface area contributed by atoms with Gasteiger partial charge in [0.2, 0.25) is 0 Å². The summed E-state index contributed by atoms with van der Waals surface area (Å²) >= 11 is 0. The lowest BCUT2D eigenvalue weighted by molar-refractivity contribution is 0.601. The van der Waals surface area contributed by atoms with Crippen LogP contribution < -0.4 is 4.72 Å². The zero-order chi connectivity index (χ0) is 17.3. The molecule has 0 fully saturated rings. The highest BCUT2D eigenvalue weighted by Gasteiger charge is 2.19. The summed E-state index contributed by atoms with van der Waals surface area (Å²) in [5.74, 6) is -0.628. The number of halogens is 1. The molecule has 2 N–H and O–H groups in total. The van der Waals surface area contributed by atoms with E-state index in [1.54, 1.807) is 0 Å². The normalized spacial score (nSPS) is 11.0. The van der Waals surface area contributed by atoms with Gasteiger partial charge >= 0.3 is 0 Å². The van der Waals surface area contributed by atoms with E-state index in [1.807, 2.05) is 12.1 Å². The fourth-order valence-electron chi connectivity index (χ4n) is 2.32. The standard InChI is InChI=1S/C16H9FN4O2S/c17-13-4-5-14(16-15(13)11(8-19)9-20-16)21-24(22,23)12-3-1-2-10(6-12)7-18/h1-6,9,20-21H. The van der Waals surface area contributed by atoms with Crippen molar-refractivity contribution in [3.63, 3.8) is 0 Å². The third-order valence-electron chi connectivity index (χ3n) is 3.42. The van der Waals surface area contributed by atoms with E-state index in [4.69, 9.17) is 10.5 Å². The smallest absolute Gasteiger partial charge is 0.262 e. The zero-order valence-electron chi connectivity index (χ0n) is 12.0. The number of sulfonamides is 1. The zero-order valence-corrected chi connectivity index (χ0v) is 12.9. The number of benzene rings is 2. The van der Waals surface area contributed by atoms with E-state index in [0.29, 0.717) is 0 Å². The minimum absolute atomic E-state index is 0.0171. The highest BCUT2D eigenvalue weighted by molar-refractivity contribution is 7.92. The van der Waals surface area contributed by atoms with Gasteiger partial charge in [0, 0.05) is 6.20 Å². The fourth-order valence-corrected chi connectivity index (χ4v) is 3.43. The third kappa shape index (κ3) is 2.56. The topological polar surface area (TPSA) is 110 Å². The van der Waals surface area contributed by atoms with Crippen LogP contribution in [0.3, 0.4) is 0 Å². The molecular formula is C16H9FN4O2S. The molecule has 3 rings (SSSR count). The highest BCUT2D eigenvalue weighted by Crippen LogP contribution is 2.29. The molecule has 0 spiro atoms. The predicted molar refractivity (Wildman–Crippen MR) is 84.9 cm³/mol. The van der Waals surface area contributed by atoms with Gasteiger partial charge in [0.15, 0.2) is 0 Å². The summed E-state index contributed by atoms with van der Waals surface area (Å²) in [6, 6.07) is 11.6. The number of nitrogens with zero attached hydrogens (tertiary/aromatic N) is 2. The molecule has 24 heavy (non-hydrogen) atoms. The van der Waals surface area contributed by atoms with E-state index in [-0.39, 0.29) is 32.6 Å². The largest absolute Gasteiger partial charge is 0.358 e. The Kier molecular flexibility index (Phi) is 3.68. The minimum Gasteiger partial charge on any atom is -0.358 e. The molecule has 0 radical (unpaired) electrons. The maximum Gasteiger partial charge on any atom is 0.262 e. The van der Waals surface area contributed by atoms with Gasteiger partial charge in [0.1, 0.15) is 11.9 Å². The first-order valence-electron chi connectivity index (χ1n) is 6.69. The second-order valence-electron chi connectivity index (χ2n) is 4.90. The fraction of sp³-hybridized carbons (Fsp3) is 0. The summed E-state index contributed by atoms with van der Waals surface area (Å²) in [4.78, 5) is 2.61. The van der Waals surface area contributed by atoms with Crippen LogP contribution in [-0.2, 0) is 10.0 Å². The van der Waals surface area contributed by atoms with Crippen LogP contribution in [0.5, 0.6) is 0 Å². The Labute approximate surface area is 136 Å². The first kappa shape index (κ1) is 15.5. The number of aromatic amines is 1. The maximum atomic E-state index is 13.9. The van der Waals surface area contributed by atoms with Crippen LogP contribution in [-0.4, -0.2) is 13.4 Å². The number of nitrogens with one attached hydrogen (secondary N) is 2. The summed E-state index contributed by atoms with van der Waals surface area (Å²) in [6.07, 6.45) is 1.31. The molecule has 0 atom stereocenters. The lowest BCUT2D eigenvalue weighted by atomic mass is 10.1. The Hall–Kier alpha value is -3.36. The second kappa shape index (κ2) is 5.69. The molecule has 0 bridgehead atoms. The van der Waals surface area contributed by atoms with E-state index >= 15 is 0 Å². The van der Waals surface area contributed by atoms with Gasteiger partial charge in [-0.15, -0.1) is 0 Å². The van der Waals surface area contributed by atoms with Gasteiger partial charge in [-0.05, 0) is 30.3 Å². The van der Waals surface area contributed by atoms with Crippen LogP contribution in [0, 0.1) is 28.5 Å². The number of H-pyrrole nitrogens is 1. The quantitative estimate of drug-likeness (QED) is 0.764. The van der Waals surface area contributed by atoms with E-state index in [1.165, 1.54) is 36.5 Å². The third-order valence-corrected chi connectivity index (χ3v) is 4.79. The van der Waals surface area contributed by atoms with Crippen LogP contribution in [0.15, 0.2) is 47.5 Å². The van der Waals surface area contributed by atoms with Gasteiger partial charge in [-0.3, -0.25) is 4.72 Å². The Bertz CT molecular complexity index is 1140. The molecule has 118 valence electrons. The first-order chi connectivity index (χ1) is 11.5. The van der Waals surface area contributed by atoms with Gasteiger partial charge in [-0.2, -0.15) is 10.5 Å². The molecule has 0 aliphatic heterocycles. The van der Waals surface area contributed by atoms with Crippen LogP contribution in [0.2, 0.25) is 0 Å². The van der Waals surface area contributed by atoms with Crippen molar-refractivity contribution in [1.29, 1.82) is 10.5 Å². The molecule has 3 aromatic rings. The number of aromatic nitrogens is 1. The maximum absolute atomic E-state index is 13.9. The van der Waals surface area contributed by atoms with Gasteiger partial charge < -0.3 is 4.98 Å². The van der Waals surface area contributed by atoms with Crippen molar-refractivity contribution < 1.29 is 12.8 Å². The molecule has 0 saturated carbocycles. The first-order valence-corrected chi connectivity index (χ1v) is 8.17. The van der Waals surface area contributed by atoms with E-state index in [2.05, 4.69) is 9.71 Å². The van der Waals surface area contributed by atoms with Crippen molar-refractivity contribution in [2.45, 2.75) is 4.90 Å². The van der Waals surface area contributed by atoms with Crippen LogP contribution in [0.1, 0.15) is 11.1 Å². The summed E-state index contributed by atoms with van der Waals surface area (Å²) in [5.41, 5.74) is 0.561. The highest BCUT2D eigenvalue weighted by atomic mass is 32.2.